The maximum Gasteiger partial charge on any atom is 0.268 e. The molecule has 1 amide bonds. The van der Waals surface area contributed by atoms with Crippen LogP contribution in [0.2, 0.25) is 0 Å². The van der Waals surface area contributed by atoms with Crippen molar-refractivity contribution in [3.05, 3.63) is 144 Å². The van der Waals surface area contributed by atoms with Gasteiger partial charge in [0.05, 0.1) is 6.54 Å². The predicted molar refractivity (Wildman–Crippen MR) is 125 cm³/mol. The smallest absolute Gasteiger partial charge is 0.268 e. The lowest BCUT2D eigenvalue weighted by atomic mass is 10.1. The van der Waals surface area contributed by atoms with E-state index in [1.165, 1.54) is 0 Å². The zero-order valence-electron chi connectivity index (χ0n) is 17.5. The number of carbonyl (C=O) groups excluding carboxylic acids is 1. The van der Waals surface area contributed by atoms with Gasteiger partial charge in [0.1, 0.15) is 0 Å². The molecule has 0 aliphatic rings. The molecule has 0 aliphatic carbocycles. The Bertz CT molecular complexity index is 1030. The van der Waals surface area contributed by atoms with Crippen molar-refractivity contribution in [1.29, 1.82) is 0 Å². The summed E-state index contributed by atoms with van der Waals surface area (Å²) in [6.45, 7) is 1.79. The third-order valence-corrected chi connectivity index (χ3v) is 5.19. The van der Waals surface area contributed by atoms with E-state index in [-0.39, 0.29) is 5.91 Å². The first kappa shape index (κ1) is 20.6. The van der Waals surface area contributed by atoms with Crippen LogP contribution in [0, 0.1) is 0 Å². The van der Waals surface area contributed by atoms with E-state index in [0.717, 1.165) is 16.7 Å². The summed E-state index contributed by atoms with van der Waals surface area (Å²) in [7, 11) is 0. The first-order valence-electron chi connectivity index (χ1n) is 10.5. The fourth-order valence-corrected chi connectivity index (χ4v) is 3.60. The van der Waals surface area contributed by atoms with Crippen molar-refractivity contribution in [1.82, 2.24) is 10.0 Å². The Kier molecular flexibility index (Phi) is 6.89. The van der Waals surface area contributed by atoms with Crippen LogP contribution in [0.25, 0.3) is 0 Å². The van der Waals surface area contributed by atoms with Crippen LogP contribution in [0.3, 0.4) is 0 Å². The molecule has 0 saturated carbocycles. The average molecular weight is 407 g/mol. The van der Waals surface area contributed by atoms with Gasteiger partial charge in [-0.2, -0.15) is 0 Å². The van der Waals surface area contributed by atoms with Crippen LogP contribution in [-0.2, 0) is 19.6 Å². The SMILES string of the molecule is O=C(c1ccccc1)N(Cc1ccccc1)N(Cc1ccccc1)Cc1ccccc1. The van der Waals surface area contributed by atoms with E-state index in [1.807, 2.05) is 89.9 Å². The maximum absolute atomic E-state index is 13.7. The quantitative estimate of drug-likeness (QED) is 0.338. The Balaban J connectivity index is 1.70. The molecule has 4 aromatic rings. The minimum atomic E-state index is -0.00341. The summed E-state index contributed by atoms with van der Waals surface area (Å²) < 4.78 is 0. The fraction of sp³-hybridized carbons (Fsp3) is 0.107. The Morgan fingerprint density at radius 1 is 0.484 bits per heavy atom. The number of hydrazine groups is 1. The van der Waals surface area contributed by atoms with Gasteiger partial charge in [0.15, 0.2) is 0 Å². The van der Waals surface area contributed by atoms with Gasteiger partial charge in [0, 0.05) is 18.7 Å². The Hall–Kier alpha value is -3.69. The third-order valence-electron chi connectivity index (χ3n) is 5.19. The largest absolute Gasteiger partial charge is 0.268 e. The molecule has 0 aromatic heterocycles. The third kappa shape index (κ3) is 5.68. The molecule has 0 aliphatic heterocycles. The highest BCUT2D eigenvalue weighted by atomic mass is 16.2. The number of hydrogen-bond donors (Lipinski definition) is 0. The topological polar surface area (TPSA) is 23.6 Å². The highest BCUT2D eigenvalue weighted by molar-refractivity contribution is 5.93. The monoisotopic (exact) mass is 406 g/mol. The number of benzene rings is 4. The van der Waals surface area contributed by atoms with E-state index >= 15 is 0 Å². The number of carbonyl (C=O) groups is 1. The molecule has 0 bridgehead atoms. The van der Waals surface area contributed by atoms with Crippen molar-refractivity contribution in [3.63, 3.8) is 0 Å². The standard InChI is InChI=1S/C28H26N2O/c31-28(27-19-11-4-12-20-27)30(23-26-17-9-3-10-18-26)29(21-24-13-5-1-6-14-24)22-25-15-7-2-8-16-25/h1-20H,21-23H2. The summed E-state index contributed by atoms with van der Waals surface area (Å²) >= 11 is 0. The van der Waals surface area contributed by atoms with Crippen molar-refractivity contribution in [2.75, 3.05) is 0 Å². The first-order chi connectivity index (χ1) is 15.3. The first-order valence-corrected chi connectivity index (χ1v) is 10.5. The molecule has 3 nitrogen and oxygen atoms in total. The van der Waals surface area contributed by atoms with Crippen molar-refractivity contribution in [3.8, 4) is 0 Å². The number of hydrogen-bond acceptors (Lipinski definition) is 2. The molecular formula is C28H26N2O. The number of amides is 1. The predicted octanol–water partition coefficient (Wildman–Crippen LogP) is 5.95. The minimum Gasteiger partial charge on any atom is -0.268 e. The van der Waals surface area contributed by atoms with Gasteiger partial charge < -0.3 is 0 Å². The summed E-state index contributed by atoms with van der Waals surface area (Å²) in [5, 5.41) is 4.03. The van der Waals surface area contributed by atoms with Gasteiger partial charge in [-0.1, -0.05) is 109 Å². The molecule has 0 saturated heterocycles. The second kappa shape index (κ2) is 10.4. The molecule has 0 N–H and O–H groups in total. The number of rotatable bonds is 8. The van der Waals surface area contributed by atoms with Crippen molar-refractivity contribution >= 4 is 5.91 Å². The van der Waals surface area contributed by atoms with Gasteiger partial charge in [-0.25, -0.2) is 5.01 Å². The molecule has 3 heteroatoms. The van der Waals surface area contributed by atoms with Crippen molar-refractivity contribution in [2.45, 2.75) is 19.6 Å². The molecule has 31 heavy (non-hydrogen) atoms. The summed E-state index contributed by atoms with van der Waals surface area (Å²) in [5.74, 6) is -0.00341. The lowest BCUT2D eigenvalue weighted by molar-refractivity contribution is -0.0279. The number of nitrogens with zero attached hydrogens (tertiary/aromatic N) is 2. The van der Waals surface area contributed by atoms with Crippen LogP contribution in [0.15, 0.2) is 121 Å². The van der Waals surface area contributed by atoms with Crippen LogP contribution < -0.4 is 0 Å². The fourth-order valence-electron chi connectivity index (χ4n) is 3.60. The highest BCUT2D eigenvalue weighted by Gasteiger charge is 2.23. The molecule has 0 fully saturated rings. The maximum atomic E-state index is 13.7. The molecule has 4 aromatic carbocycles. The van der Waals surface area contributed by atoms with Crippen LogP contribution in [0.5, 0.6) is 0 Å². The zero-order chi connectivity index (χ0) is 21.3. The van der Waals surface area contributed by atoms with Crippen molar-refractivity contribution in [2.24, 2.45) is 0 Å². The van der Waals surface area contributed by atoms with Crippen LogP contribution >= 0.6 is 0 Å². The highest BCUT2D eigenvalue weighted by Crippen LogP contribution is 2.19. The minimum absolute atomic E-state index is 0.00341. The van der Waals surface area contributed by atoms with E-state index in [0.29, 0.717) is 25.2 Å². The van der Waals surface area contributed by atoms with Gasteiger partial charge in [0.2, 0.25) is 0 Å². The molecule has 0 heterocycles. The lowest BCUT2D eigenvalue weighted by Gasteiger charge is -2.35. The van der Waals surface area contributed by atoms with Crippen molar-refractivity contribution < 1.29 is 4.79 Å². The van der Waals surface area contributed by atoms with Gasteiger partial charge in [-0.15, -0.1) is 0 Å². The molecular weight excluding hydrogens is 380 g/mol. The molecule has 0 radical (unpaired) electrons. The normalized spacial score (nSPS) is 10.7. The molecule has 154 valence electrons. The van der Waals surface area contributed by atoms with Crippen LogP contribution in [0.4, 0.5) is 0 Å². The van der Waals surface area contributed by atoms with E-state index in [1.54, 1.807) is 0 Å². The van der Waals surface area contributed by atoms with Crippen LogP contribution in [-0.4, -0.2) is 15.9 Å². The van der Waals surface area contributed by atoms with E-state index in [2.05, 4.69) is 41.4 Å². The Labute approximate surface area is 184 Å². The van der Waals surface area contributed by atoms with E-state index < -0.39 is 0 Å². The summed E-state index contributed by atoms with van der Waals surface area (Å²) in [4.78, 5) is 13.7. The molecule has 0 atom stereocenters. The van der Waals surface area contributed by atoms with E-state index in [9.17, 15) is 4.79 Å². The van der Waals surface area contributed by atoms with Gasteiger partial charge in [-0.3, -0.25) is 9.80 Å². The second-order valence-corrected chi connectivity index (χ2v) is 7.51. The molecule has 0 spiro atoms. The Morgan fingerprint density at radius 2 is 0.839 bits per heavy atom. The van der Waals surface area contributed by atoms with Crippen LogP contribution in [0.1, 0.15) is 27.0 Å². The van der Waals surface area contributed by atoms with Gasteiger partial charge in [-0.05, 0) is 28.8 Å². The van der Waals surface area contributed by atoms with Gasteiger partial charge >= 0.3 is 0 Å². The average Bonchev–Trinajstić information content (AvgIpc) is 2.84. The van der Waals surface area contributed by atoms with Gasteiger partial charge in [0.25, 0.3) is 5.91 Å². The zero-order valence-corrected chi connectivity index (χ0v) is 17.5. The summed E-state index contributed by atoms with van der Waals surface area (Å²) in [5.41, 5.74) is 4.11. The molecule has 0 unspecified atom stereocenters. The summed E-state index contributed by atoms with van der Waals surface area (Å²) in [6, 6.07) is 40.3. The lowest BCUT2D eigenvalue weighted by Crippen LogP contribution is -2.45. The molecule has 4 rings (SSSR count). The van der Waals surface area contributed by atoms with E-state index in [4.69, 9.17) is 0 Å². The summed E-state index contributed by atoms with van der Waals surface area (Å²) in [6.07, 6.45) is 0. The second-order valence-electron chi connectivity index (χ2n) is 7.51. The Morgan fingerprint density at radius 3 is 1.26 bits per heavy atom.